The second-order valence-corrected chi connectivity index (χ2v) is 6.42. The summed E-state index contributed by atoms with van der Waals surface area (Å²) in [5.74, 6) is 1.80. The predicted octanol–water partition coefficient (Wildman–Crippen LogP) is 3.66. The van der Waals surface area contributed by atoms with Gasteiger partial charge >= 0.3 is 0 Å². The fourth-order valence-corrected chi connectivity index (χ4v) is 2.81. The van der Waals surface area contributed by atoms with Crippen LogP contribution < -0.4 is 10.6 Å². The Balaban J connectivity index is 0.00000243. The van der Waals surface area contributed by atoms with E-state index in [2.05, 4.69) is 41.8 Å². The molecular formula is C20H28IN3O2. The molecule has 142 valence electrons. The maximum atomic E-state index is 5.68. The third kappa shape index (κ3) is 6.99. The first kappa shape index (κ1) is 20.8. The van der Waals surface area contributed by atoms with Gasteiger partial charge in [-0.25, -0.2) is 4.99 Å². The van der Waals surface area contributed by atoms with E-state index in [0.717, 1.165) is 50.7 Å². The molecule has 1 aliphatic rings. The number of halogens is 1. The fraction of sp³-hybridized carbons (Fsp3) is 0.450. The minimum atomic E-state index is 0. The molecule has 1 aromatic carbocycles. The summed E-state index contributed by atoms with van der Waals surface area (Å²) >= 11 is 0. The third-order valence-corrected chi connectivity index (χ3v) is 4.31. The molecule has 1 unspecified atom stereocenters. The highest BCUT2D eigenvalue weighted by molar-refractivity contribution is 14.0. The van der Waals surface area contributed by atoms with Crippen LogP contribution in [0.1, 0.15) is 29.7 Å². The van der Waals surface area contributed by atoms with Gasteiger partial charge in [-0.15, -0.1) is 24.0 Å². The Hall–Kier alpha value is -1.54. The Morgan fingerprint density at radius 2 is 2.04 bits per heavy atom. The Labute approximate surface area is 172 Å². The molecule has 2 heterocycles. The molecule has 1 atom stereocenters. The van der Waals surface area contributed by atoms with Crippen molar-refractivity contribution in [1.82, 2.24) is 10.6 Å². The zero-order chi connectivity index (χ0) is 17.3. The lowest BCUT2D eigenvalue weighted by molar-refractivity contribution is 0.114. The zero-order valence-electron chi connectivity index (χ0n) is 15.2. The highest BCUT2D eigenvalue weighted by Crippen LogP contribution is 2.10. The summed E-state index contributed by atoms with van der Waals surface area (Å²) < 4.78 is 11.1. The van der Waals surface area contributed by atoms with Gasteiger partial charge in [0.15, 0.2) is 5.96 Å². The normalized spacial score (nSPS) is 17.0. The Bertz CT molecular complexity index is 650. The Kier molecular flexibility index (Phi) is 8.97. The van der Waals surface area contributed by atoms with Crippen molar-refractivity contribution < 1.29 is 9.15 Å². The number of nitrogens with zero attached hydrogens (tertiary/aromatic N) is 1. The second-order valence-electron chi connectivity index (χ2n) is 6.42. The lowest BCUT2D eigenvalue weighted by Gasteiger charge is -2.15. The number of furan rings is 1. The molecule has 2 N–H and O–H groups in total. The van der Waals surface area contributed by atoms with E-state index < -0.39 is 0 Å². The average molecular weight is 469 g/mol. The van der Waals surface area contributed by atoms with Crippen LogP contribution in [0, 0.1) is 6.92 Å². The average Bonchev–Trinajstić information content (AvgIpc) is 3.32. The van der Waals surface area contributed by atoms with Gasteiger partial charge in [0, 0.05) is 26.1 Å². The first-order valence-electron chi connectivity index (χ1n) is 9.01. The van der Waals surface area contributed by atoms with E-state index in [1.807, 2.05) is 12.1 Å². The van der Waals surface area contributed by atoms with Crippen LogP contribution in [0.4, 0.5) is 0 Å². The fourth-order valence-electron chi connectivity index (χ4n) is 2.81. The summed E-state index contributed by atoms with van der Waals surface area (Å²) in [6.45, 7) is 5.19. The van der Waals surface area contributed by atoms with E-state index >= 15 is 0 Å². The highest BCUT2D eigenvalue weighted by Gasteiger charge is 2.15. The minimum absolute atomic E-state index is 0. The van der Waals surface area contributed by atoms with Crippen LogP contribution in [0.3, 0.4) is 0 Å². The van der Waals surface area contributed by atoms with Crippen LogP contribution in [0.15, 0.2) is 52.1 Å². The molecule has 2 aromatic rings. The Morgan fingerprint density at radius 1 is 1.19 bits per heavy atom. The van der Waals surface area contributed by atoms with Crippen LogP contribution in [0.2, 0.25) is 0 Å². The van der Waals surface area contributed by atoms with Crippen LogP contribution in [0.25, 0.3) is 0 Å². The smallest absolute Gasteiger partial charge is 0.191 e. The molecule has 0 spiro atoms. The summed E-state index contributed by atoms with van der Waals surface area (Å²) in [6.07, 6.45) is 5.09. The molecule has 1 aliphatic heterocycles. The van der Waals surface area contributed by atoms with Crippen molar-refractivity contribution in [3.63, 3.8) is 0 Å². The van der Waals surface area contributed by atoms with Gasteiger partial charge in [-0.3, -0.25) is 0 Å². The number of rotatable bonds is 7. The molecule has 0 saturated carbocycles. The number of benzene rings is 1. The van der Waals surface area contributed by atoms with Crippen LogP contribution in [-0.4, -0.2) is 31.8 Å². The van der Waals surface area contributed by atoms with E-state index in [0.29, 0.717) is 6.54 Å². The lowest BCUT2D eigenvalue weighted by atomic mass is 10.1. The molecule has 3 rings (SSSR count). The van der Waals surface area contributed by atoms with Gasteiger partial charge in [0.25, 0.3) is 0 Å². The van der Waals surface area contributed by atoms with E-state index in [1.54, 1.807) is 6.26 Å². The first-order valence-corrected chi connectivity index (χ1v) is 9.01. The van der Waals surface area contributed by atoms with Gasteiger partial charge < -0.3 is 19.8 Å². The summed E-state index contributed by atoms with van der Waals surface area (Å²) in [5, 5.41) is 6.79. The molecule has 5 nitrogen and oxygen atoms in total. The maximum Gasteiger partial charge on any atom is 0.191 e. The molecule has 6 heteroatoms. The van der Waals surface area contributed by atoms with Crippen molar-refractivity contribution in [3.05, 3.63) is 59.5 Å². The second kappa shape index (κ2) is 11.2. The maximum absolute atomic E-state index is 5.68. The molecule has 0 radical (unpaired) electrons. The van der Waals surface area contributed by atoms with Crippen LogP contribution in [0.5, 0.6) is 0 Å². The van der Waals surface area contributed by atoms with Gasteiger partial charge in [-0.1, -0.05) is 29.8 Å². The Morgan fingerprint density at radius 3 is 2.73 bits per heavy atom. The lowest BCUT2D eigenvalue weighted by Crippen LogP contribution is -2.41. The number of aryl methyl sites for hydroxylation is 1. The molecule has 0 aliphatic carbocycles. The van der Waals surface area contributed by atoms with Crippen molar-refractivity contribution in [1.29, 1.82) is 0 Å². The van der Waals surface area contributed by atoms with Crippen LogP contribution >= 0.6 is 24.0 Å². The van der Waals surface area contributed by atoms with Gasteiger partial charge in [0.05, 0.1) is 18.9 Å². The van der Waals surface area contributed by atoms with Crippen molar-refractivity contribution >= 4 is 29.9 Å². The monoisotopic (exact) mass is 469 g/mol. The number of hydrogen-bond acceptors (Lipinski definition) is 3. The summed E-state index contributed by atoms with van der Waals surface area (Å²) in [4.78, 5) is 4.71. The van der Waals surface area contributed by atoms with Crippen molar-refractivity contribution in [2.24, 2.45) is 4.99 Å². The molecule has 1 aromatic heterocycles. The molecule has 0 amide bonds. The molecule has 1 saturated heterocycles. The van der Waals surface area contributed by atoms with E-state index in [9.17, 15) is 0 Å². The third-order valence-electron chi connectivity index (χ3n) is 4.31. The quantitative estimate of drug-likeness (QED) is 0.369. The first-order chi connectivity index (χ1) is 12.3. The summed E-state index contributed by atoms with van der Waals surface area (Å²) in [5.41, 5.74) is 2.47. The SMILES string of the molecule is Cc1ccc(CN=C(NCCc2ccco2)NCC2CCCO2)cc1.I. The zero-order valence-corrected chi connectivity index (χ0v) is 17.6. The number of hydrogen-bond donors (Lipinski definition) is 2. The number of aliphatic imine (C=N–C) groups is 1. The highest BCUT2D eigenvalue weighted by atomic mass is 127. The standard InChI is InChI=1S/C20H27N3O2.HI/c1-16-6-8-17(9-7-16)14-22-20(23-15-19-5-3-13-25-19)21-11-10-18-4-2-12-24-18;/h2,4,6-9,12,19H,3,5,10-11,13-15H2,1H3,(H2,21,22,23);1H. The molecule has 1 fully saturated rings. The van der Waals surface area contributed by atoms with Gasteiger partial charge in [-0.2, -0.15) is 0 Å². The van der Waals surface area contributed by atoms with Gasteiger partial charge in [-0.05, 0) is 37.5 Å². The molecule has 26 heavy (non-hydrogen) atoms. The topological polar surface area (TPSA) is 58.8 Å². The van der Waals surface area contributed by atoms with Gasteiger partial charge in [0.2, 0.25) is 0 Å². The summed E-state index contributed by atoms with van der Waals surface area (Å²) in [6, 6.07) is 12.4. The summed E-state index contributed by atoms with van der Waals surface area (Å²) in [7, 11) is 0. The van der Waals surface area contributed by atoms with E-state index in [1.165, 1.54) is 11.1 Å². The van der Waals surface area contributed by atoms with E-state index in [-0.39, 0.29) is 30.1 Å². The van der Waals surface area contributed by atoms with Crippen molar-refractivity contribution in [2.45, 2.75) is 38.8 Å². The van der Waals surface area contributed by atoms with Crippen molar-refractivity contribution in [2.75, 3.05) is 19.7 Å². The van der Waals surface area contributed by atoms with E-state index in [4.69, 9.17) is 14.1 Å². The number of ether oxygens (including phenoxy) is 1. The van der Waals surface area contributed by atoms with Crippen molar-refractivity contribution in [3.8, 4) is 0 Å². The largest absolute Gasteiger partial charge is 0.469 e. The predicted molar refractivity (Wildman–Crippen MR) is 115 cm³/mol. The van der Waals surface area contributed by atoms with Crippen LogP contribution in [-0.2, 0) is 17.7 Å². The van der Waals surface area contributed by atoms with Gasteiger partial charge in [0.1, 0.15) is 5.76 Å². The molecule has 0 bridgehead atoms. The molecular weight excluding hydrogens is 441 g/mol. The minimum Gasteiger partial charge on any atom is -0.469 e. The number of guanidine groups is 1. The number of nitrogens with one attached hydrogen (secondary N) is 2.